The van der Waals surface area contributed by atoms with Crippen molar-refractivity contribution in [3.63, 3.8) is 0 Å². The second kappa shape index (κ2) is 6.53. The first-order chi connectivity index (χ1) is 9.59. The van der Waals surface area contributed by atoms with E-state index in [1.807, 2.05) is 18.2 Å². The lowest BCUT2D eigenvalue weighted by Gasteiger charge is -2.18. The summed E-state index contributed by atoms with van der Waals surface area (Å²) >= 11 is 5.12. The van der Waals surface area contributed by atoms with Crippen molar-refractivity contribution in [3.05, 3.63) is 65.2 Å². The minimum absolute atomic E-state index is 0.426. The van der Waals surface area contributed by atoms with Crippen LogP contribution in [0.25, 0.3) is 0 Å². The average molecular weight is 284 g/mol. The molecule has 0 aliphatic carbocycles. The maximum atomic E-state index is 5.79. The molecule has 0 spiro atoms. The number of aryl methyl sites for hydroxylation is 1. The summed E-state index contributed by atoms with van der Waals surface area (Å²) in [6, 6.07) is 16.5. The van der Waals surface area contributed by atoms with Crippen molar-refractivity contribution in [1.82, 2.24) is 0 Å². The molecular weight excluding hydrogens is 264 g/mol. The van der Waals surface area contributed by atoms with E-state index in [1.165, 1.54) is 5.56 Å². The van der Waals surface area contributed by atoms with E-state index in [9.17, 15) is 0 Å². The van der Waals surface area contributed by atoms with Gasteiger partial charge in [0.2, 0.25) is 0 Å². The Morgan fingerprint density at radius 2 is 1.85 bits per heavy atom. The number of hydrogen-bond donors (Lipinski definition) is 2. The van der Waals surface area contributed by atoms with Crippen molar-refractivity contribution < 1.29 is 0 Å². The van der Waals surface area contributed by atoms with Crippen LogP contribution in [0, 0.1) is 6.92 Å². The molecule has 3 N–H and O–H groups in total. The fourth-order valence-electron chi connectivity index (χ4n) is 2.26. The average Bonchev–Trinajstić information content (AvgIpc) is 2.46. The Hall–Kier alpha value is -1.87. The van der Waals surface area contributed by atoms with Crippen LogP contribution in [0.3, 0.4) is 0 Å². The number of rotatable bonds is 5. The SMILES string of the molecule is Cc1cccc(C(N)=S)c1NCC(C)c1ccccc1. The van der Waals surface area contributed by atoms with Gasteiger partial charge in [0.1, 0.15) is 4.99 Å². The Balaban J connectivity index is 2.13. The molecule has 0 fully saturated rings. The van der Waals surface area contributed by atoms with Gasteiger partial charge in [-0.2, -0.15) is 0 Å². The van der Waals surface area contributed by atoms with Crippen molar-refractivity contribution >= 4 is 22.9 Å². The number of anilines is 1. The molecule has 3 heteroatoms. The topological polar surface area (TPSA) is 38.0 Å². The van der Waals surface area contributed by atoms with Gasteiger partial charge >= 0.3 is 0 Å². The van der Waals surface area contributed by atoms with Crippen molar-refractivity contribution in [3.8, 4) is 0 Å². The van der Waals surface area contributed by atoms with Gasteiger partial charge in [-0.1, -0.05) is 61.6 Å². The Morgan fingerprint density at radius 1 is 1.15 bits per heavy atom. The molecule has 2 rings (SSSR count). The van der Waals surface area contributed by atoms with Gasteiger partial charge in [0.25, 0.3) is 0 Å². The van der Waals surface area contributed by atoms with Crippen molar-refractivity contribution in [2.45, 2.75) is 19.8 Å². The highest BCUT2D eigenvalue weighted by Gasteiger charge is 2.10. The van der Waals surface area contributed by atoms with Crippen molar-refractivity contribution in [1.29, 1.82) is 0 Å². The van der Waals surface area contributed by atoms with Crippen LogP contribution < -0.4 is 11.1 Å². The lowest BCUT2D eigenvalue weighted by Crippen LogP contribution is -2.17. The molecular formula is C17H20N2S. The van der Waals surface area contributed by atoms with Crippen LogP contribution in [0.4, 0.5) is 5.69 Å². The molecule has 0 saturated heterocycles. The van der Waals surface area contributed by atoms with Crippen LogP contribution in [0.15, 0.2) is 48.5 Å². The normalized spacial score (nSPS) is 11.9. The van der Waals surface area contributed by atoms with E-state index >= 15 is 0 Å². The van der Waals surface area contributed by atoms with E-state index in [2.05, 4.69) is 49.5 Å². The second-order valence-corrected chi connectivity index (χ2v) is 5.49. The van der Waals surface area contributed by atoms with E-state index in [0.29, 0.717) is 10.9 Å². The first-order valence-corrected chi connectivity index (χ1v) is 7.18. The molecule has 0 bridgehead atoms. The summed E-state index contributed by atoms with van der Waals surface area (Å²) in [6.45, 7) is 5.13. The van der Waals surface area contributed by atoms with Crippen molar-refractivity contribution in [2.75, 3.05) is 11.9 Å². The summed E-state index contributed by atoms with van der Waals surface area (Å²) in [4.78, 5) is 0.434. The molecule has 0 aromatic heterocycles. The first-order valence-electron chi connectivity index (χ1n) is 6.78. The third-order valence-corrected chi connectivity index (χ3v) is 3.71. The quantitative estimate of drug-likeness (QED) is 0.819. The van der Waals surface area contributed by atoms with Crippen LogP contribution in [0.1, 0.15) is 29.5 Å². The predicted molar refractivity (Wildman–Crippen MR) is 90.4 cm³/mol. The van der Waals surface area contributed by atoms with Gasteiger partial charge in [0.15, 0.2) is 0 Å². The van der Waals surface area contributed by atoms with Gasteiger partial charge in [-0.25, -0.2) is 0 Å². The van der Waals surface area contributed by atoms with Crippen LogP contribution in [-0.2, 0) is 0 Å². The van der Waals surface area contributed by atoms with E-state index in [0.717, 1.165) is 23.4 Å². The van der Waals surface area contributed by atoms with Gasteiger partial charge < -0.3 is 11.1 Å². The van der Waals surface area contributed by atoms with Crippen molar-refractivity contribution in [2.24, 2.45) is 5.73 Å². The van der Waals surface area contributed by atoms with Crippen LogP contribution in [-0.4, -0.2) is 11.5 Å². The fraction of sp³-hybridized carbons (Fsp3) is 0.235. The molecule has 0 saturated carbocycles. The fourth-order valence-corrected chi connectivity index (χ4v) is 2.43. The monoisotopic (exact) mass is 284 g/mol. The molecule has 0 aliphatic heterocycles. The van der Waals surface area contributed by atoms with Crippen LogP contribution in [0.2, 0.25) is 0 Å². The van der Waals surface area contributed by atoms with E-state index < -0.39 is 0 Å². The largest absolute Gasteiger partial charge is 0.389 e. The molecule has 0 amide bonds. The smallest absolute Gasteiger partial charge is 0.106 e. The zero-order valence-electron chi connectivity index (χ0n) is 11.9. The van der Waals surface area contributed by atoms with Gasteiger partial charge in [-0.05, 0) is 30.0 Å². The molecule has 104 valence electrons. The van der Waals surface area contributed by atoms with Crippen LogP contribution >= 0.6 is 12.2 Å². The number of benzene rings is 2. The third-order valence-electron chi connectivity index (χ3n) is 3.49. The van der Waals surface area contributed by atoms with Crippen LogP contribution in [0.5, 0.6) is 0 Å². The minimum Gasteiger partial charge on any atom is -0.389 e. The van der Waals surface area contributed by atoms with Gasteiger partial charge in [0.05, 0.1) is 0 Å². The summed E-state index contributed by atoms with van der Waals surface area (Å²) in [5, 5.41) is 3.49. The second-order valence-electron chi connectivity index (χ2n) is 5.05. The molecule has 0 radical (unpaired) electrons. The lowest BCUT2D eigenvalue weighted by atomic mass is 10.0. The lowest BCUT2D eigenvalue weighted by molar-refractivity contribution is 0.804. The number of para-hydroxylation sites is 1. The van der Waals surface area contributed by atoms with E-state index in [1.54, 1.807) is 0 Å². The number of nitrogens with two attached hydrogens (primary N) is 1. The molecule has 20 heavy (non-hydrogen) atoms. The van der Waals surface area contributed by atoms with Gasteiger partial charge in [-0.15, -0.1) is 0 Å². The highest BCUT2D eigenvalue weighted by molar-refractivity contribution is 7.80. The molecule has 1 atom stereocenters. The first kappa shape index (κ1) is 14.5. The Labute approximate surface area is 126 Å². The third kappa shape index (κ3) is 3.36. The Bertz CT molecular complexity index is 593. The zero-order chi connectivity index (χ0) is 14.5. The summed E-state index contributed by atoms with van der Waals surface area (Å²) < 4.78 is 0. The maximum absolute atomic E-state index is 5.79. The molecule has 0 aliphatic rings. The minimum atomic E-state index is 0.426. The Morgan fingerprint density at radius 3 is 2.50 bits per heavy atom. The molecule has 0 heterocycles. The number of nitrogens with one attached hydrogen (secondary N) is 1. The molecule has 2 aromatic carbocycles. The van der Waals surface area contributed by atoms with Gasteiger partial charge in [-0.3, -0.25) is 0 Å². The summed E-state index contributed by atoms with van der Waals surface area (Å²) in [7, 11) is 0. The zero-order valence-corrected chi connectivity index (χ0v) is 12.7. The molecule has 1 unspecified atom stereocenters. The number of thiocarbonyl (C=S) groups is 1. The summed E-state index contributed by atoms with van der Waals surface area (Å²) in [5.41, 5.74) is 10.2. The summed E-state index contributed by atoms with van der Waals surface area (Å²) in [5.74, 6) is 0.426. The van der Waals surface area contributed by atoms with Gasteiger partial charge in [0, 0.05) is 17.8 Å². The number of hydrogen-bond acceptors (Lipinski definition) is 2. The standard InChI is InChI=1S/C17H20N2S/c1-12-7-6-10-15(17(18)20)16(12)19-11-13(2)14-8-4-3-5-9-14/h3-10,13,19H,11H2,1-2H3,(H2,18,20). The molecule has 2 aromatic rings. The Kier molecular flexibility index (Phi) is 4.74. The highest BCUT2D eigenvalue weighted by Crippen LogP contribution is 2.22. The maximum Gasteiger partial charge on any atom is 0.106 e. The van der Waals surface area contributed by atoms with E-state index in [4.69, 9.17) is 18.0 Å². The predicted octanol–water partition coefficient (Wildman–Crippen LogP) is 3.84. The highest BCUT2D eigenvalue weighted by atomic mass is 32.1. The molecule has 2 nitrogen and oxygen atoms in total. The van der Waals surface area contributed by atoms with E-state index in [-0.39, 0.29) is 0 Å². The summed E-state index contributed by atoms with van der Waals surface area (Å²) in [6.07, 6.45) is 0.